The van der Waals surface area contributed by atoms with Gasteiger partial charge in [-0.05, 0) is 0 Å². The normalized spacial score (nSPS) is 11.4. The molecule has 0 atom stereocenters. The summed E-state index contributed by atoms with van der Waals surface area (Å²) in [7, 11) is 1.63. The molecule has 0 amide bonds. The predicted octanol–water partition coefficient (Wildman–Crippen LogP) is -1.35. The zero-order valence-corrected chi connectivity index (χ0v) is 7.32. The van der Waals surface area contributed by atoms with Crippen LogP contribution in [0.15, 0.2) is 15.8 Å². The van der Waals surface area contributed by atoms with Crippen LogP contribution in [0.25, 0.3) is 0 Å². The number of hydrogen-bond donors (Lipinski definition) is 3. The van der Waals surface area contributed by atoms with Crippen LogP contribution in [-0.4, -0.2) is 29.7 Å². The fourth-order valence-corrected chi connectivity index (χ4v) is 0.789. The highest BCUT2D eigenvalue weighted by Crippen LogP contribution is 1.89. The lowest BCUT2D eigenvalue weighted by atomic mass is 10.4. The van der Waals surface area contributed by atoms with Crippen molar-refractivity contribution < 1.29 is 4.52 Å². The molecule has 0 aromatic carbocycles. The van der Waals surface area contributed by atoms with Crippen molar-refractivity contribution in [1.29, 1.82) is 0 Å². The molecule has 0 aliphatic rings. The summed E-state index contributed by atoms with van der Waals surface area (Å²) in [4.78, 5) is 7.68. The Bertz CT molecular complexity index is 256. The second kappa shape index (κ2) is 5.09. The molecule has 1 aromatic heterocycles. The highest BCUT2D eigenvalue weighted by molar-refractivity contribution is 5.78. The van der Waals surface area contributed by atoms with Crippen LogP contribution in [0.3, 0.4) is 0 Å². The summed E-state index contributed by atoms with van der Waals surface area (Å²) >= 11 is 0. The third-order valence-corrected chi connectivity index (χ3v) is 1.40. The SMILES string of the molecule is CN=C(NN)NCCc1ncno1. The van der Waals surface area contributed by atoms with Gasteiger partial charge in [0.2, 0.25) is 11.9 Å². The Morgan fingerprint density at radius 3 is 3.15 bits per heavy atom. The van der Waals surface area contributed by atoms with Gasteiger partial charge in [0.1, 0.15) is 0 Å². The molecule has 72 valence electrons. The number of guanidine groups is 1. The van der Waals surface area contributed by atoms with E-state index in [-0.39, 0.29) is 0 Å². The van der Waals surface area contributed by atoms with Crippen LogP contribution < -0.4 is 16.6 Å². The van der Waals surface area contributed by atoms with Crippen molar-refractivity contribution in [2.24, 2.45) is 10.8 Å². The third kappa shape index (κ3) is 3.08. The first-order chi connectivity index (χ1) is 6.36. The van der Waals surface area contributed by atoms with Gasteiger partial charge in [-0.15, -0.1) is 0 Å². The molecule has 1 aromatic rings. The molecule has 0 fully saturated rings. The summed E-state index contributed by atoms with van der Waals surface area (Å²) < 4.78 is 4.79. The van der Waals surface area contributed by atoms with Gasteiger partial charge >= 0.3 is 0 Å². The molecule has 4 N–H and O–H groups in total. The lowest BCUT2D eigenvalue weighted by Crippen LogP contribution is -2.42. The number of nitrogens with zero attached hydrogens (tertiary/aromatic N) is 3. The number of nitrogens with two attached hydrogens (primary N) is 1. The predicted molar refractivity (Wildman–Crippen MR) is 46.7 cm³/mol. The van der Waals surface area contributed by atoms with Crippen molar-refractivity contribution in [3.63, 3.8) is 0 Å². The van der Waals surface area contributed by atoms with Crippen molar-refractivity contribution in [3.8, 4) is 0 Å². The molecule has 0 saturated heterocycles. The second-order valence-electron chi connectivity index (χ2n) is 2.23. The summed E-state index contributed by atoms with van der Waals surface area (Å²) in [5.41, 5.74) is 2.40. The van der Waals surface area contributed by atoms with Gasteiger partial charge in [-0.2, -0.15) is 4.98 Å². The fourth-order valence-electron chi connectivity index (χ4n) is 0.789. The second-order valence-corrected chi connectivity index (χ2v) is 2.23. The van der Waals surface area contributed by atoms with E-state index < -0.39 is 0 Å². The average Bonchev–Trinajstić information content (AvgIpc) is 2.65. The van der Waals surface area contributed by atoms with Gasteiger partial charge in [0.05, 0.1) is 0 Å². The highest BCUT2D eigenvalue weighted by atomic mass is 16.5. The maximum atomic E-state index is 5.15. The van der Waals surface area contributed by atoms with Gasteiger partial charge in [-0.1, -0.05) is 5.16 Å². The van der Waals surface area contributed by atoms with Crippen LogP contribution in [0.1, 0.15) is 5.89 Å². The average molecular weight is 184 g/mol. The van der Waals surface area contributed by atoms with Crippen molar-refractivity contribution in [2.75, 3.05) is 13.6 Å². The molecule has 0 bridgehead atoms. The Hall–Kier alpha value is -1.63. The highest BCUT2D eigenvalue weighted by Gasteiger charge is 1.98. The van der Waals surface area contributed by atoms with E-state index >= 15 is 0 Å². The zero-order valence-electron chi connectivity index (χ0n) is 7.32. The molecule has 7 nitrogen and oxygen atoms in total. The Morgan fingerprint density at radius 2 is 2.62 bits per heavy atom. The lowest BCUT2D eigenvalue weighted by molar-refractivity contribution is 0.377. The van der Waals surface area contributed by atoms with Crippen molar-refractivity contribution in [1.82, 2.24) is 20.9 Å². The van der Waals surface area contributed by atoms with E-state index in [9.17, 15) is 0 Å². The van der Waals surface area contributed by atoms with Crippen molar-refractivity contribution in [2.45, 2.75) is 6.42 Å². The van der Waals surface area contributed by atoms with E-state index in [1.165, 1.54) is 6.33 Å². The minimum absolute atomic E-state index is 0.527. The largest absolute Gasteiger partial charge is 0.355 e. The first kappa shape index (κ1) is 9.46. The molecule has 0 radical (unpaired) electrons. The Labute approximate surface area is 75.4 Å². The number of aliphatic imine (C=N–C) groups is 1. The lowest BCUT2D eigenvalue weighted by Gasteiger charge is -2.05. The molecule has 0 aliphatic carbocycles. The minimum Gasteiger partial charge on any atom is -0.355 e. The topological polar surface area (TPSA) is 101 Å². The molecule has 13 heavy (non-hydrogen) atoms. The van der Waals surface area contributed by atoms with Crippen LogP contribution in [0.5, 0.6) is 0 Å². The third-order valence-electron chi connectivity index (χ3n) is 1.40. The quantitative estimate of drug-likeness (QED) is 0.232. The molecule has 0 aliphatic heterocycles. The number of aromatic nitrogens is 2. The Morgan fingerprint density at radius 1 is 1.77 bits per heavy atom. The smallest absolute Gasteiger partial charge is 0.228 e. The summed E-state index contributed by atoms with van der Waals surface area (Å²) in [5, 5.41) is 6.42. The first-order valence-electron chi connectivity index (χ1n) is 3.79. The van der Waals surface area contributed by atoms with Crippen molar-refractivity contribution >= 4 is 5.96 Å². The Balaban J connectivity index is 2.21. The molecule has 0 saturated carbocycles. The molecule has 1 heterocycles. The van der Waals surface area contributed by atoms with E-state index in [1.54, 1.807) is 7.05 Å². The van der Waals surface area contributed by atoms with Gasteiger partial charge in [0.15, 0.2) is 6.33 Å². The number of hydrazine groups is 1. The van der Waals surface area contributed by atoms with E-state index in [0.29, 0.717) is 24.8 Å². The molecule has 7 heteroatoms. The van der Waals surface area contributed by atoms with Gasteiger partial charge in [0, 0.05) is 20.0 Å². The fraction of sp³-hybridized carbons (Fsp3) is 0.500. The van der Waals surface area contributed by atoms with Crippen LogP contribution >= 0.6 is 0 Å². The number of rotatable bonds is 3. The summed E-state index contributed by atoms with van der Waals surface area (Å²) in [6.45, 7) is 0.638. The van der Waals surface area contributed by atoms with Crippen molar-refractivity contribution in [3.05, 3.63) is 12.2 Å². The Kier molecular flexibility index (Phi) is 3.71. The van der Waals surface area contributed by atoms with Crippen LogP contribution in [0.4, 0.5) is 0 Å². The standard InChI is InChI=1S/C6H12N6O/c1-8-6(12-7)9-3-2-5-10-4-11-13-5/h4H,2-3,7H2,1H3,(H2,8,9,12). The van der Waals surface area contributed by atoms with E-state index in [1.807, 2.05) is 0 Å². The van der Waals surface area contributed by atoms with E-state index in [2.05, 4.69) is 25.9 Å². The number of nitrogens with one attached hydrogen (secondary N) is 2. The van der Waals surface area contributed by atoms with Crippen LogP contribution in [-0.2, 0) is 6.42 Å². The molecular formula is C6H12N6O. The first-order valence-corrected chi connectivity index (χ1v) is 3.79. The van der Waals surface area contributed by atoms with Gasteiger partial charge in [-0.25, -0.2) is 5.84 Å². The molecule has 1 rings (SSSR count). The maximum absolute atomic E-state index is 5.15. The van der Waals surface area contributed by atoms with Gasteiger partial charge < -0.3 is 9.84 Å². The van der Waals surface area contributed by atoms with Crippen LogP contribution in [0.2, 0.25) is 0 Å². The number of hydrogen-bond acceptors (Lipinski definition) is 5. The zero-order chi connectivity index (χ0) is 9.52. The van der Waals surface area contributed by atoms with E-state index in [0.717, 1.165) is 0 Å². The summed E-state index contributed by atoms with van der Waals surface area (Å²) in [5.74, 6) is 6.26. The minimum atomic E-state index is 0.527. The molecule has 0 unspecified atom stereocenters. The molecular weight excluding hydrogens is 172 g/mol. The summed E-state index contributed by atoms with van der Waals surface area (Å²) in [6.07, 6.45) is 2.01. The summed E-state index contributed by atoms with van der Waals surface area (Å²) in [6, 6.07) is 0. The molecule has 0 spiro atoms. The maximum Gasteiger partial charge on any atom is 0.228 e. The van der Waals surface area contributed by atoms with Gasteiger partial charge in [0.25, 0.3) is 0 Å². The van der Waals surface area contributed by atoms with Crippen LogP contribution in [0, 0.1) is 0 Å². The van der Waals surface area contributed by atoms with Gasteiger partial charge in [-0.3, -0.25) is 10.4 Å². The van der Waals surface area contributed by atoms with E-state index in [4.69, 9.17) is 10.4 Å². The monoisotopic (exact) mass is 184 g/mol.